The van der Waals surface area contributed by atoms with Gasteiger partial charge in [-0.25, -0.2) is 4.79 Å². The fourth-order valence-corrected chi connectivity index (χ4v) is 2.76. The SMILES string of the molecule is CCOC(=O)N1CCN(C(=O)CCNC(=O)c2ccc(Br)cc2)CC1. The summed E-state index contributed by atoms with van der Waals surface area (Å²) in [5, 5.41) is 2.75. The monoisotopic (exact) mass is 411 g/mol. The van der Waals surface area contributed by atoms with Gasteiger partial charge in [0.1, 0.15) is 0 Å². The molecule has 0 spiro atoms. The van der Waals surface area contributed by atoms with Crippen LogP contribution in [0, 0.1) is 0 Å². The fraction of sp³-hybridized carbons (Fsp3) is 0.471. The van der Waals surface area contributed by atoms with Crippen molar-refractivity contribution in [3.05, 3.63) is 34.3 Å². The van der Waals surface area contributed by atoms with Crippen molar-refractivity contribution in [3.8, 4) is 0 Å². The van der Waals surface area contributed by atoms with Crippen molar-refractivity contribution in [2.45, 2.75) is 13.3 Å². The van der Waals surface area contributed by atoms with Crippen molar-refractivity contribution in [1.29, 1.82) is 0 Å². The Morgan fingerprint density at radius 2 is 1.68 bits per heavy atom. The van der Waals surface area contributed by atoms with E-state index in [-0.39, 0.29) is 30.9 Å². The van der Waals surface area contributed by atoms with E-state index in [1.807, 2.05) is 0 Å². The van der Waals surface area contributed by atoms with E-state index < -0.39 is 0 Å². The van der Waals surface area contributed by atoms with Crippen LogP contribution in [-0.4, -0.2) is 67.0 Å². The average Bonchev–Trinajstić information content (AvgIpc) is 2.62. The molecular formula is C17H22BrN3O4. The Labute approximate surface area is 155 Å². The normalized spacial score (nSPS) is 14.2. The second kappa shape index (κ2) is 9.41. The summed E-state index contributed by atoms with van der Waals surface area (Å²) in [4.78, 5) is 39.1. The molecule has 1 heterocycles. The van der Waals surface area contributed by atoms with Gasteiger partial charge in [0.05, 0.1) is 6.61 Å². The minimum absolute atomic E-state index is 0.0281. The first kappa shape index (κ1) is 19.2. The van der Waals surface area contributed by atoms with Gasteiger partial charge in [-0.3, -0.25) is 9.59 Å². The number of amides is 3. The lowest BCUT2D eigenvalue weighted by Crippen LogP contribution is -2.51. The molecule has 1 aromatic rings. The molecule has 25 heavy (non-hydrogen) atoms. The highest BCUT2D eigenvalue weighted by atomic mass is 79.9. The Bertz CT molecular complexity index is 613. The Morgan fingerprint density at radius 3 is 2.28 bits per heavy atom. The van der Waals surface area contributed by atoms with Crippen molar-refractivity contribution >= 4 is 33.8 Å². The molecule has 3 amide bonds. The summed E-state index contributed by atoms with van der Waals surface area (Å²) in [6, 6.07) is 7.03. The Morgan fingerprint density at radius 1 is 1.08 bits per heavy atom. The van der Waals surface area contributed by atoms with Gasteiger partial charge in [-0.1, -0.05) is 15.9 Å². The number of benzene rings is 1. The van der Waals surface area contributed by atoms with Gasteiger partial charge < -0.3 is 19.9 Å². The van der Waals surface area contributed by atoms with Crippen LogP contribution in [0.2, 0.25) is 0 Å². The summed E-state index contributed by atoms with van der Waals surface area (Å²) in [5.74, 6) is -0.230. The lowest BCUT2D eigenvalue weighted by Gasteiger charge is -2.34. The van der Waals surface area contributed by atoms with E-state index in [2.05, 4.69) is 21.2 Å². The molecule has 7 nitrogen and oxygen atoms in total. The predicted octanol–water partition coefficient (Wildman–Crippen LogP) is 1.87. The highest BCUT2D eigenvalue weighted by Crippen LogP contribution is 2.10. The summed E-state index contributed by atoms with van der Waals surface area (Å²) in [6.07, 6.45) is -0.0989. The zero-order chi connectivity index (χ0) is 18.2. The lowest BCUT2D eigenvalue weighted by molar-refractivity contribution is -0.132. The second-order valence-corrected chi connectivity index (χ2v) is 6.50. The molecule has 1 aliphatic heterocycles. The van der Waals surface area contributed by atoms with Gasteiger partial charge in [-0.2, -0.15) is 0 Å². The smallest absolute Gasteiger partial charge is 0.409 e. The van der Waals surface area contributed by atoms with Crippen molar-refractivity contribution < 1.29 is 19.1 Å². The van der Waals surface area contributed by atoms with Crippen molar-refractivity contribution in [1.82, 2.24) is 15.1 Å². The molecule has 0 aliphatic carbocycles. The van der Waals surface area contributed by atoms with Crippen LogP contribution < -0.4 is 5.32 Å². The van der Waals surface area contributed by atoms with Crippen LogP contribution >= 0.6 is 15.9 Å². The molecule has 0 radical (unpaired) electrons. The number of rotatable bonds is 5. The number of ether oxygens (including phenoxy) is 1. The van der Waals surface area contributed by atoms with Crippen LogP contribution in [0.25, 0.3) is 0 Å². The summed E-state index contributed by atoms with van der Waals surface area (Å²) >= 11 is 3.32. The van der Waals surface area contributed by atoms with Gasteiger partial charge in [0.25, 0.3) is 5.91 Å². The minimum Gasteiger partial charge on any atom is -0.450 e. The number of nitrogens with zero attached hydrogens (tertiary/aromatic N) is 2. The molecule has 0 saturated carbocycles. The van der Waals surface area contributed by atoms with Gasteiger partial charge in [0.2, 0.25) is 5.91 Å². The molecule has 0 unspecified atom stereocenters. The van der Waals surface area contributed by atoms with E-state index in [1.165, 1.54) is 0 Å². The van der Waals surface area contributed by atoms with Crippen LogP contribution in [0.4, 0.5) is 4.79 Å². The van der Waals surface area contributed by atoms with Gasteiger partial charge in [0, 0.05) is 49.2 Å². The van der Waals surface area contributed by atoms with Crippen LogP contribution in [0.15, 0.2) is 28.7 Å². The molecule has 0 atom stereocenters. The van der Waals surface area contributed by atoms with Gasteiger partial charge in [0.15, 0.2) is 0 Å². The third-order valence-corrected chi connectivity index (χ3v) is 4.42. The average molecular weight is 412 g/mol. The van der Waals surface area contributed by atoms with Crippen LogP contribution in [0.3, 0.4) is 0 Å². The Kier molecular flexibility index (Phi) is 7.24. The van der Waals surface area contributed by atoms with Crippen molar-refractivity contribution in [2.75, 3.05) is 39.3 Å². The molecule has 8 heteroatoms. The van der Waals surface area contributed by atoms with Crippen molar-refractivity contribution in [2.24, 2.45) is 0 Å². The molecule has 0 aromatic heterocycles. The maximum Gasteiger partial charge on any atom is 0.409 e. The zero-order valence-electron chi connectivity index (χ0n) is 14.2. The van der Waals surface area contributed by atoms with E-state index in [9.17, 15) is 14.4 Å². The fourth-order valence-electron chi connectivity index (χ4n) is 2.50. The predicted molar refractivity (Wildman–Crippen MR) is 96.3 cm³/mol. The number of carbonyl (C=O) groups is 3. The van der Waals surface area contributed by atoms with E-state index >= 15 is 0 Å². The third-order valence-electron chi connectivity index (χ3n) is 3.89. The number of carbonyl (C=O) groups excluding carboxylic acids is 3. The molecule has 1 N–H and O–H groups in total. The Balaban J connectivity index is 1.70. The summed E-state index contributed by atoms with van der Waals surface area (Å²) in [6.45, 7) is 4.30. The van der Waals surface area contributed by atoms with E-state index in [0.29, 0.717) is 38.3 Å². The zero-order valence-corrected chi connectivity index (χ0v) is 15.8. The van der Waals surface area contributed by atoms with Gasteiger partial charge >= 0.3 is 6.09 Å². The molecule has 1 saturated heterocycles. The Hall–Kier alpha value is -2.09. The van der Waals surface area contributed by atoms with Gasteiger partial charge in [-0.05, 0) is 31.2 Å². The minimum atomic E-state index is -0.337. The first-order valence-electron chi connectivity index (χ1n) is 8.24. The summed E-state index contributed by atoms with van der Waals surface area (Å²) < 4.78 is 5.85. The molecular weight excluding hydrogens is 390 g/mol. The number of piperazine rings is 1. The van der Waals surface area contributed by atoms with E-state index in [0.717, 1.165) is 4.47 Å². The lowest BCUT2D eigenvalue weighted by atomic mass is 10.2. The molecule has 2 rings (SSSR count). The first-order valence-corrected chi connectivity index (χ1v) is 9.03. The maximum atomic E-state index is 12.2. The molecule has 1 aromatic carbocycles. The standard InChI is InChI=1S/C17H22BrN3O4/c1-2-25-17(24)21-11-9-20(10-12-21)15(22)7-8-19-16(23)13-3-5-14(18)6-4-13/h3-6H,2,7-12H2,1H3,(H,19,23). The van der Waals surface area contributed by atoms with Crippen LogP contribution in [0.5, 0.6) is 0 Å². The first-order chi connectivity index (χ1) is 12.0. The van der Waals surface area contributed by atoms with Crippen molar-refractivity contribution in [3.63, 3.8) is 0 Å². The topological polar surface area (TPSA) is 79.0 Å². The molecule has 1 aliphatic rings. The summed E-state index contributed by atoms with van der Waals surface area (Å²) in [7, 11) is 0. The third kappa shape index (κ3) is 5.74. The quantitative estimate of drug-likeness (QED) is 0.801. The maximum absolute atomic E-state index is 12.2. The largest absolute Gasteiger partial charge is 0.450 e. The second-order valence-electron chi connectivity index (χ2n) is 5.58. The molecule has 136 valence electrons. The van der Waals surface area contributed by atoms with Crippen LogP contribution in [0.1, 0.15) is 23.7 Å². The number of hydrogen-bond donors (Lipinski definition) is 1. The molecule has 0 bridgehead atoms. The van der Waals surface area contributed by atoms with Gasteiger partial charge in [-0.15, -0.1) is 0 Å². The van der Waals surface area contributed by atoms with E-state index in [1.54, 1.807) is 41.0 Å². The number of halogens is 1. The number of nitrogens with one attached hydrogen (secondary N) is 1. The highest BCUT2D eigenvalue weighted by molar-refractivity contribution is 9.10. The van der Waals surface area contributed by atoms with E-state index in [4.69, 9.17) is 4.74 Å². The highest BCUT2D eigenvalue weighted by Gasteiger charge is 2.24. The summed E-state index contributed by atoms with van der Waals surface area (Å²) in [5.41, 5.74) is 0.554. The molecule has 1 fully saturated rings. The number of hydrogen-bond acceptors (Lipinski definition) is 4. The van der Waals surface area contributed by atoms with Crippen LogP contribution in [-0.2, 0) is 9.53 Å².